The zero-order chi connectivity index (χ0) is 18.1. The van der Waals surface area contributed by atoms with Crippen LogP contribution in [0.15, 0.2) is 36.4 Å². The topological polar surface area (TPSA) is 49.4 Å². The summed E-state index contributed by atoms with van der Waals surface area (Å²) in [4.78, 5) is 26.6. The van der Waals surface area contributed by atoms with Crippen LogP contribution in [0.5, 0.6) is 0 Å². The second kappa shape index (κ2) is 7.06. The smallest absolute Gasteiger partial charge is 0.229 e. The fraction of sp³-hybridized carbons (Fsp3) is 0.263. The molecule has 0 saturated carbocycles. The van der Waals surface area contributed by atoms with Crippen molar-refractivity contribution in [3.8, 4) is 0 Å². The Labute approximate surface area is 156 Å². The van der Waals surface area contributed by atoms with Crippen LogP contribution in [0, 0.1) is 19.8 Å². The molecule has 1 heterocycles. The standard InChI is InChI=1S/C19H18Cl2N2O2/c1-11-14(20)5-3-7-16(11)22-19(25)13-9-18(24)23(10-13)17-8-4-6-15(21)12(17)2/h3-8,13H,9-10H2,1-2H3,(H,22,25)/t13-/m0/s1. The van der Waals surface area contributed by atoms with E-state index in [1.807, 2.05) is 19.9 Å². The first-order valence-corrected chi connectivity index (χ1v) is 8.75. The van der Waals surface area contributed by atoms with Gasteiger partial charge >= 0.3 is 0 Å². The van der Waals surface area contributed by atoms with Gasteiger partial charge in [0, 0.05) is 34.4 Å². The van der Waals surface area contributed by atoms with E-state index < -0.39 is 5.92 Å². The summed E-state index contributed by atoms with van der Waals surface area (Å²) in [6, 6.07) is 10.8. The van der Waals surface area contributed by atoms with Crippen LogP contribution < -0.4 is 10.2 Å². The Hall–Kier alpha value is -2.04. The molecule has 1 fully saturated rings. The predicted molar refractivity (Wildman–Crippen MR) is 101 cm³/mol. The molecule has 6 heteroatoms. The van der Waals surface area contributed by atoms with Gasteiger partial charge in [0.25, 0.3) is 0 Å². The maximum Gasteiger partial charge on any atom is 0.229 e. The third kappa shape index (κ3) is 3.51. The number of nitrogens with zero attached hydrogens (tertiary/aromatic N) is 1. The molecule has 4 nitrogen and oxygen atoms in total. The van der Waals surface area contributed by atoms with Crippen molar-refractivity contribution >= 4 is 46.4 Å². The summed E-state index contributed by atoms with van der Waals surface area (Å²) in [5.74, 6) is -0.668. The van der Waals surface area contributed by atoms with Gasteiger partial charge < -0.3 is 10.2 Å². The molecule has 0 aliphatic carbocycles. The minimum absolute atomic E-state index is 0.0756. The fourth-order valence-corrected chi connectivity index (χ4v) is 3.33. The Kier molecular flexibility index (Phi) is 5.02. The molecule has 1 N–H and O–H groups in total. The SMILES string of the molecule is Cc1c(Cl)cccc1NC(=O)[C@H]1CC(=O)N(c2cccc(Cl)c2C)C1. The lowest BCUT2D eigenvalue weighted by molar-refractivity contribution is -0.122. The van der Waals surface area contributed by atoms with E-state index in [1.165, 1.54) is 0 Å². The van der Waals surface area contributed by atoms with Gasteiger partial charge in [0.1, 0.15) is 0 Å². The van der Waals surface area contributed by atoms with Crippen LogP contribution in [0.25, 0.3) is 0 Å². The highest BCUT2D eigenvalue weighted by Gasteiger charge is 2.36. The molecule has 0 aromatic heterocycles. The quantitative estimate of drug-likeness (QED) is 0.850. The number of carbonyl (C=O) groups is 2. The van der Waals surface area contributed by atoms with Crippen molar-refractivity contribution in [3.05, 3.63) is 57.6 Å². The Balaban J connectivity index is 1.77. The van der Waals surface area contributed by atoms with Crippen molar-refractivity contribution in [2.24, 2.45) is 5.92 Å². The molecule has 3 rings (SSSR count). The van der Waals surface area contributed by atoms with E-state index in [0.717, 1.165) is 16.8 Å². The number of halogens is 2. The summed E-state index contributed by atoms with van der Waals surface area (Å²) >= 11 is 12.2. The monoisotopic (exact) mass is 376 g/mol. The molecular weight excluding hydrogens is 359 g/mol. The van der Waals surface area contributed by atoms with Crippen LogP contribution in [-0.2, 0) is 9.59 Å². The van der Waals surface area contributed by atoms with Gasteiger partial charge in [-0.3, -0.25) is 9.59 Å². The first kappa shape index (κ1) is 17.8. The molecule has 0 bridgehead atoms. The number of benzene rings is 2. The molecule has 1 saturated heterocycles. The molecule has 1 aliphatic heterocycles. The second-order valence-electron chi connectivity index (χ2n) is 6.19. The third-order valence-electron chi connectivity index (χ3n) is 4.55. The van der Waals surface area contributed by atoms with Crippen molar-refractivity contribution in [2.75, 3.05) is 16.8 Å². The van der Waals surface area contributed by atoms with E-state index in [0.29, 0.717) is 22.3 Å². The average molecular weight is 377 g/mol. The molecular formula is C19H18Cl2N2O2. The first-order chi connectivity index (χ1) is 11.9. The minimum Gasteiger partial charge on any atom is -0.325 e. The molecule has 0 radical (unpaired) electrons. The van der Waals surface area contributed by atoms with E-state index in [9.17, 15) is 9.59 Å². The van der Waals surface area contributed by atoms with Crippen molar-refractivity contribution in [3.63, 3.8) is 0 Å². The zero-order valence-corrected chi connectivity index (χ0v) is 15.5. The first-order valence-electron chi connectivity index (χ1n) is 8.00. The molecule has 2 aromatic rings. The summed E-state index contributed by atoms with van der Waals surface area (Å²) in [5, 5.41) is 4.08. The van der Waals surface area contributed by atoms with Gasteiger partial charge in [-0.2, -0.15) is 0 Å². The van der Waals surface area contributed by atoms with Crippen LogP contribution in [-0.4, -0.2) is 18.4 Å². The van der Waals surface area contributed by atoms with E-state index in [2.05, 4.69) is 5.32 Å². The summed E-state index contributed by atoms with van der Waals surface area (Å²) in [6.07, 6.45) is 0.178. The summed E-state index contributed by atoms with van der Waals surface area (Å²) in [5.41, 5.74) is 3.07. The number of hydrogen-bond acceptors (Lipinski definition) is 2. The van der Waals surface area contributed by atoms with Crippen LogP contribution in [0.3, 0.4) is 0 Å². The van der Waals surface area contributed by atoms with Gasteiger partial charge in [-0.05, 0) is 49.2 Å². The molecule has 1 atom stereocenters. The Bertz CT molecular complexity index is 851. The second-order valence-corrected chi connectivity index (χ2v) is 7.01. The third-order valence-corrected chi connectivity index (χ3v) is 5.37. The van der Waals surface area contributed by atoms with Gasteiger partial charge in [0.15, 0.2) is 0 Å². The van der Waals surface area contributed by atoms with E-state index >= 15 is 0 Å². The maximum absolute atomic E-state index is 12.6. The summed E-state index contributed by atoms with van der Waals surface area (Å²) < 4.78 is 0. The predicted octanol–water partition coefficient (Wildman–Crippen LogP) is 4.60. The number of amides is 2. The van der Waals surface area contributed by atoms with Crippen LogP contribution >= 0.6 is 23.2 Å². The van der Waals surface area contributed by atoms with Crippen molar-refractivity contribution in [1.29, 1.82) is 0 Å². The molecule has 2 amide bonds. The van der Waals surface area contributed by atoms with Crippen molar-refractivity contribution in [1.82, 2.24) is 0 Å². The summed E-state index contributed by atoms with van der Waals surface area (Å²) in [6.45, 7) is 4.05. The lowest BCUT2D eigenvalue weighted by Gasteiger charge is -2.20. The fourth-order valence-electron chi connectivity index (χ4n) is 2.98. The average Bonchev–Trinajstić information content (AvgIpc) is 2.96. The van der Waals surface area contributed by atoms with E-state index in [-0.39, 0.29) is 18.2 Å². The lowest BCUT2D eigenvalue weighted by Crippen LogP contribution is -2.28. The van der Waals surface area contributed by atoms with Gasteiger partial charge in [-0.25, -0.2) is 0 Å². The normalized spacial score (nSPS) is 17.0. The highest BCUT2D eigenvalue weighted by Crippen LogP contribution is 2.32. The van der Waals surface area contributed by atoms with Gasteiger partial charge in [0.2, 0.25) is 11.8 Å². The van der Waals surface area contributed by atoms with Gasteiger partial charge in [-0.1, -0.05) is 35.3 Å². The van der Waals surface area contributed by atoms with Crippen molar-refractivity contribution in [2.45, 2.75) is 20.3 Å². The Morgan fingerprint density at radius 1 is 1.08 bits per heavy atom. The van der Waals surface area contributed by atoms with Crippen LogP contribution in [0.4, 0.5) is 11.4 Å². The number of carbonyl (C=O) groups excluding carboxylic acids is 2. The largest absolute Gasteiger partial charge is 0.325 e. The van der Waals surface area contributed by atoms with Gasteiger partial charge in [-0.15, -0.1) is 0 Å². The molecule has 1 aliphatic rings. The summed E-state index contributed by atoms with van der Waals surface area (Å²) in [7, 11) is 0. The highest BCUT2D eigenvalue weighted by atomic mass is 35.5. The van der Waals surface area contributed by atoms with E-state index in [1.54, 1.807) is 35.2 Å². The molecule has 0 unspecified atom stereocenters. The number of rotatable bonds is 3. The number of hydrogen-bond donors (Lipinski definition) is 1. The number of nitrogens with one attached hydrogen (secondary N) is 1. The van der Waals surface area contributed by atoms with Gasteiger partial charge in [0.05, 0.1) is 5.92 Å². The van der Waals surface area contributed by atoms with Crippen LogP contribution in [0.1, 0.15) is 17.5 Å². The van der Waals surface area contributed by atoms with E-state index in [4.69, 9.17) is 23.2 Å². The number of anilines is 2. The molecule has 0 spiro atoms. The molecule has 2 aromatic carbocycles. The zero-order valence-electron chi connectivity index (χ0n) is 14.0. The van der Waals surface area contributed by atoms with Crippen molar-refractivity contribution < 1.29 is 9.59 Å². The lowest BCUT2D eigenvalue weighted by atomic mass is 10.1. The Morgan fingerprint density at radius 2 is 1.72 bits per heavy atom. The molecule has 130 valence electrons. The highest BCUT2D eigenvalue weighted by molar-refractivity contribution is 6.32. The molecule has 25 heavy (non-hydrogen) atoms. The maximum atomic E-state index is 12.6. The Morgan fingerprint density at radius 3 is 2.44 bits per heavy atom. The van der Waals surface area contributed by atoms with Crippen LogP contribution in [0.2, 0.25) is 10.0 Å². The minimum atomic E-state index is -0.413.